The van der Waals surface area contributed by atoms with Crippen molar-refractivity contribution in [3.8, 4) is 11.5 Å². The molecule has 7 heteroatoms. The van der Waals surface area contributed by atoms with Gasteiger partial charge in [-0.05, 0) is 46.3 Å². The highest BCUT2D eigenvalue weighted by Gasteiger charge is 2.15. The molecule has 23 heavy (non-hydrogen) atoms. The van der Waals surface area contributed by atoms with Gasteiger partial charge in [0.25, 0.3) is 5.89 Å². The zero-order valence-corrected chi connectivity index (χ0v) is 13.3. The number of carbonyl (C=O) groups excluding carboxylic acids is 1. The van der Waals surface area contributed by atoms with Crippen LogP contribution in [0.3, 0.4) is 0 Å². The zero-order valence-electron chi connectivity index (χ0n) is 11.7. The van der Waals surface area contributed by atoms with Crippen molar-refractivity contribution in [3.05, 3.63) is 70.3 Å². The Morgan fingerprint density at radius 1 is 1.17 bits per heavy atom. The van der Waals surface area contributed by atoms with Crippen LogP contribution in [0.15, 0.2) is 57.4 Å². The lowest BCUT2D eigenvalue weighted by Gasteiger charge is -2.04. The minimum absolute atomic E-state index is 0.0906. The normalized spacial score (nSPS) is 10.5. The summed E-state index contributed by atoms with van der Waals surface area (Å²) in [5.74, 6) is -0.714. The maximum Gasteiger partial charge on any atom is 0.339 e. The van der Waals surface area contributed by atoms with Crippen LogP contribution in [0.2, 0.25) is 0 Å². The second-order valence-electron chi connectivity index (χ2n) is 4.57. The number of halogens is 2. The molecular formula is C16H10BrFN2O3. The van der Waals surface area contributed by atoms with Gasteiger partial charge in [0, 0.05) is 10.0 Å². The van der Waals surface area contributed by atoms with Crippen molar-refractivity contribution >= 4 is 21.9 Å². The predicted molar refractivity (Wildman–Crippen MR) is 83.0 cm³/mol. The second kappa shape index (κ2) is 6.70. The van der Waals surface area contributed by atoms with Gasteiger partial charge in [-0.25, -0.2) is 9.18 Å². The summed E-state index contributed by atoms with van der Waals surface area (Å²) in [6, 6.07) is 13.0. The Bertz CT molecular complexity index is 836. The van der Waals surface area contributed by atoms with Gasteiger partial charge in [0.2, 0.25) is 5.89 Å². The van der Waals surface area contributed by atoms with E-state index in [1.165, 1.54) is 12.1 Å². The van der Waals surface area contributed by atoms with Crippen molar-refractivity contribution in [1.29, 1.82) is 0 Å². The quantitative estimate of drug-likeness (QED) is 0.644. The molecular weight excluding hydrogens is 367 g/mol. The van der Waals surface area contributed by atoms with E-state index < -0.39 is 11.8 Å². The van der Waals surface area contributed by atoms with E-state index in [4.69, 9.17) is 9.15 Å². The van der Waals surface area contributed by atoms with Crippen molar-refractivity contribution < 1.29 is 18.3 Å². The molecule has 1 heterocycles. The van der Waals surface area contributed by atoms with Gasteiger partial charge in [-0.1, -0.05) is 18.2 Å². The van der Waals surface area contributed by atoms with E-state index in [1.54, 1.807) is 0 Å². The molecule has 0 aliphatic heterocycles. The van der Waals surface area contributed by atoms with Gasteiger partial charge in [0.1, 0.15) is 5.82 Å². The Morgan fingerprint density at radius 2 is 1.96 bits per heavy atom. The number of ether oxygens (including phenoxy) is 1. The number of benzene rings is 2. The second-order valence-corrected chi connectivity index (χ2v) is 5.42. The molecule has 2 aromatic carbocycles. The molecule has 0 amide bonds. The van der Waals surface area contributed by atoms with Crippen molar-refractivity contribution in [2.45, 2.75) is 6.61 Å². The van der Waals surface area contributed by atoms with Crippen LogP contribution in [0, 0.1) is 5.82 Å². The summed E-state index contributed by atoms with van der Waals surface area (Å²) in [5, 5.41) is 7.71. The van der Waals surface area contributed by atoms with E-state index in [-0.39, 0.29) is 18.1 Å². The first-order valence-corrected chi connectivity index (χ1v) is 7.43. The summed E-state index contributed by atoms with van der Waals surface area (Å²) >= 11 is 3.17. The average Bonchev–Trinajstić information content (AvgIpc) is 3.05. The van der Waals surface area contributed by atoms with E-state index in [0.29, 0.717) is 10.4 Å². The predicted octanol–water partition coefficient (Wildman–Crippen LogP) is 4.00. The molecule has 1 aromatic heterocycles. The van der Waals surface area contributed by atoms with Gasteiger partial charge in [0.05, 0.1) is 5.56 Å². The Balaban J connectivity index is 1.68. The zero-order chi connectivity index (χ0) is 16.2. The summed E-state index contributed by atoms with van der Waals surface area (Å²) in [6.45, 7) is -0.193. The summed E-state index contributed by atoms with van der Waals surface area (Å²) < 4.78 is 24.1. The van der Waals surface area contributed by atoms with Crippen molar-refractivity contribution in [3.63, 3.8) is 0 Å². The summed E-state index contributed by atoms with van der Waals surface area (Å²) in [6.07, 6.45) is 0. The largest absolute Gasteiger partial charge is 0.452 e. The fourth-order valence-corrected chi connectivity index (χ4v) is 2.28. The van der Waals surface area contributed by atoms with Crippen LogP contribution in [0.1, 0.15) is 16.2 Å². The first-order chi connectivity index (χ1) is 11.1. The van der Waals surface area contributed by atoms with Gasteiger partial charge < -0.3 is 9.15 Å². The third-order valence-electron chi connectivity index (χ3n) is 2.96. The molecule has 3 rings (SSSR count). The Kier molecular flexibility index (Phi) is 4.47. The SMILES string of the molecule is O=C(OCc1nnc(-c2ccccc2)o1)c1cc(F)ccc1Br. The van der Waals surface area contributed by atoms with Gasteiger partial charge in [-0.3, -0.25) is 0 Å². The molecule has 0 saturated heterocycles. The van der Waals surface area contributed by atoms with Crippen molar-refractivity contribution in [2.24, 2.45) is 0 Å². The number of esters is 1. The van der Waals surface area contributed by atoms with Crippen LogP contribution >= 0.6 is 15.9 Å². The lowest BCUT2D eigenvalue weighted by atomic mass is 10.2. The van der Waals surface area contributed by atoms with Gasteiger partial charge in [-0.2, -0.15) is 0 Å². The minimum Gasteiger partial charge on any atom is -0.452 e. The molecule has 0 atom stereocenters. The molecule has 0 radical (unpaired) electrons. The molecule has 0 aliphatic rings. The topological polar surface area (TPSA) is 65.2 Å². The monoisotopic (exact) mass is 376 g/mol. The highest BCUT2D eigenvalue weighted by molar-refractivity contribution is 9.10. The number of hydrogen-bond acceptors (Lipinski definition) is 5. The maximum absolute atomic E-state index is 13.2. The van der Waals surface area contributed by atoms with Crippen LogP contribution in [0.4, 0.5) is 4.39 Å². The van der Waals surface area contributed by atoms with Crippen molar-refractivity contribution in [1.82, 2.24) is 10.2 Å². The fourth-order valence-electron chi connectivity index (χ4n) is 1.87. The number of aromatic nitrogens is 2. The molecule has 3 aromatic rings. The standard InChI is InChI=1S/C16H10BrFN2O3/c17-13-7-6-11(18)8-12(13)16(21)22-9-14-19-20-15(23-14)10-4-2-1-3-5-10/h1-8H,9H2. The molecule has 116 valence electrons. The molecule has 0 saturated carbocycles. The summed E-state index contributed by atoms with van der Waals surface area (Å²) in [7, 11) is 0. The highest BCUT2D eigenvalue weighted by atomic mass is 79.9. The van der Waals surface area contributed by atoms with Crippen LogP contribution in [-0.4, -0.2) is 16.2 Å². The number of carbonyl (C=O) groups is 1. The van der Waals surface area contributed by atoms with Gasteiger partial charge >= 0.3 is 5.97 Å². The number of hydrogen-bond donors (Lipinski definition) is 0. The Labute approximate surface area is 139 Å². The molecule has 0 N–H and O–H groups in total. The Morgan fingerprint density at radius 3 is 2.74 bits per heavy atom. The smallest absolute Gasteiger partial charge is 0.339 e. The third kappa shape index (κ3) is 3.62. The van der Waals surface area contributed by atoms with Crippen LogP contribution < -0.4 is 0 Å². The molecule has 0 aliphatic carbocycles. The summed E-state index contributed by atoms with van der Waals surface area (Å²) in [5.41, 5.74) is 0.859. The Hall–Kier alpha value is -2.54. The molecule has 5 nitrogen and oxygen atoms in total. The lowest BCUT2D eigenvalue weighted by Crippen LogP contribution is -2.06. The van der Waals surface area contributed by atoms with E-state index in [1.807, 2.05) is 30.3 Å². The number of rotatable bonds is 4. The van der Waals surface area contributed by atoms with E-state index in [0.717, 1.165) is 11.6 Å². The third-order valence-corrected chi connectivity index (χ3v) is 3.65. The van der Waals surface area contributed by atoms with Crippen LogP contribution in [0.25, 0.3) is 11.5 Å². The van der Waals surface area contributed by atoms with Crippen LogP contribution in [-0.2, 0) is 11.3 Å². The van der Waals surface area contributed by atoms with E-state index in [9.17, 15) is 9.18 Å². The first-order valence-electron chi connectivity index (χ1n) is 6.63. The van der Waals surface area contributed by atoms with Crippen molar-refractivity contribution in [2.75, 3.05) is 0 Å². The summed E-state index contributed by atoms with van der Waals surface area (Å²) in [4.78, 5) is 12.0. The van der Waals surface area contributed by atoms with E-state index >= 15 is 0 Å². The molecule has 0 bridgehead atoms. The van der Waals surface area contributed by atoms with E-state index in [2.05, 4.69) is 26.1 Å². The maximum atomic E-state index is 13.2. The van der Waals surface area contributed by atoms with Gasteiger partial charge in [0.15, 0.2) is 6.61 Å². The molecule has 0 spiro atoms. The minimum atomic E-state index is -0.684. The molecule has 0 unspecified atom stereocenters. The van der Waals surface area contributed by atoms with Gasteiger partial charge in [-0.15, -0.1) is 10.2 Å². The highest BCUT2D eigenvalue weighted by Crippen LogP contribution is 2.20. The first kappa shape index (κ1) is 15.4. The average molecular weight is 377 g/mol. The van der Waals surface area contributed by atoms with Crippen LogP contribution in [0.5, 0.6) is 0 Å². The fraction of sp³-hybridized carbons (Fsp3) is 0.0625. The number of nitrogens with zero attached hydrogens (tertiary/aromatic N) is 2. The molecule has 0 fully saturated rings. The lowest BCUT2D eigenvalue weighted by molar-refractivity contribution is 0.0437.